The van der Waals surface area contributed by atoms with Gasteiger partial charge in [-0.15, -0.1) is 22.7 Å². The van der Waals surface area contributed by atoms with Gasteiger partial charge in [0.2, 0.25) is 0 Å². The van der Waals surface area contributed by atoms with Crippen LogP contribution in [0.5, 0.6) is 5.75 Å². The number of carbonyl (C=O) groups is 1. The van der Waals surface area contributed by atoms with Crippen molar-refractivity contribution in [2.24, 2.45) is 7.05 Å². The fourth-order valence-electron chi connectivity index (χ4n) is 2.73. The van der Waals surface area contributed by atoms with Crippen molar-refractivity contribution < 1.29 is 9.53 Å². The van der Waals surface area contributed by atoms with Crippen LogP contribution in [0.25, 0.3) is 11.3 Å². The Bertz CT molecular complexity index is 1150. The molecular weight excluding hydrogens is 428 g/mol. The zero-order valence-corrected chi connectivity index (χ0v) is 18.1. The van der Waals surface area contributed by atoms with E-state index < -0.39 is 0 Å². The number of anilines is 1. The monoisotopic (exact) mass is 444 g/mol. The summed E-state index contributed by atoms with van der Waals surface area (Å²) >= 11 is 8.64. The molecule has 3 heterocycles. The summed E-state index contributed by atoms with van der Waals surface area (Å²) < 4.78 is 7.47. The van der Waals surface area contributed by atoms with Crippen LogP contribution in [0.2, 0.25) is 5.02 Å². The van der Waals surface area contributed by atoms with Crippen LogP contribution in [0.4, 0.5) is 5.13 Å². The van der Waals surface area contributed by atoms with Crippen LogP contribution in [-0.2, 0) is 13.7 Å². The predicted molar refractivity (Wildman–Crippen MR) is 117 cm³/mol. The summed E-state index contributed by atoms with van der Waals surface area (Å²) in [6.07, 6.45) is 1.92. The molecule has 4 rings (SSSR count). The Kier molecular flexibility index (Phi) is 5.66. The SMILES string of the molecule is Cc1nn(C)cc1-c1csc(NC(=O)c2cc(COc3ccc(Cl)cc3)cs2)n1. The molecule has 9 heteroatoms. The number of thiophene rings is 1. The molecule has 29 heavy (non-hydrogen) atoms. The Morgan fingerprint density at radius 3 is 2.76 bits per heavy atom. The second kappa shape index (κ2) is 8.36. The minimum absolute atomic E-state index is 0.184. The molecule has 0 fully saturated rings. The fraction of sp³-hybridized carbons (Fsp3) is 0.150. The lowest BCUT2D eigenvalue weighted by Gasteiger charge is -2.04. The van der Waals surface area contributed by atoms with Gasteiger partial charge in [0.05, 0.1) is 16.3 Å². The van der Waals surface area contributed by atoms with Gasteiger partial charge in [0.1, 0.15) is 12.4 Å². The number of nitrogens with zero attached hydrogens (tertiary/aromatic N) is 3. The number of hydrogen-bond acceptors (Lipinski definition) is 6. The van der Waals surface area contributed by atoms with Gasteiger partial charge >= 0.3 is 0 Å². The van der Waals surface area contributed by atoms with Gasteiger partial charge in [0, 0.05) is 34.8 Å². The Morgan fingerprint density at radius 1 is 1.24 bits per heavy atom. The average molecular weight is 445 g/mol. The van der Waals surface area contributed by atoms with E-state index in [1.165, 1.54) is 22.7 Å². The molecular formula is C20H17ClN4O2S2. The van der Waals surface area contributed by atoms with E-state index in [4.69, 9.17) is 16.3 Å². The highest BCUT2D eigenvalue weighted by Crippen LogP contribution is 2.27. The first-order valence-electron chi connectivity index (χ1n) is 8.71. The van der Waals surface area contributed by atoms with E-state index in [-0.39, 0.29) is 5.91 Å². The lowest BCUT2D eigenvalue weighted by atomic mass is 10.2. The van der Waals surface area contributed by atoms with Crippen molar-refractivity contribution >= 4 is 45.3 Å². The molecule has 4 aromatic rings. The van der Waals surface area contributed by atoms with Crippen LogP contribution in [0.15, 0.2) is 47.3 Å². The molecule has 0 radical (unpaired) electrons. The number of amides is 1. The van der Waals surface area contributed by atoms with Crippen molar-refractivity contribution in [3.8, 4) is 17.0 Å². The maximum absolute atomic E-state index is 12.5. The van der Waals surface area contributed by atoms with Gasteiger partial charge in [0.25, 0.3) is 5.91 Å². The zero-order chi connectivity index (χ0) is 20.4. The standard InChI is InChI=1S/C20H17ClN4O2S2/c1-12-16(8-25(2)24-12)17-11-29-20(22-17)23-19(26)18-7-13(10-28-18)9-27-15-5-3-14(21)4-6-15/h3-8,10-11H,9H2,1-2H3,(H,22,23,26). The second-order valence-electron chi connectivity index (χ2n) is 6.36. The van der Waals surface area contributed by atoms with E-state index in [1.807, 2.05) is 49.1 Å². The first-order valence-corrected chi connectivity index (χ1v) is 10.8. The van der Waals surface area contributed by atoms with Gasteiger partial charge in [-0.05, 0) is 42.6 Å². The summed E-state index contributed by atoms with van der Waals surface area (Å²) in [5.41, 5.74) is 3.60. The number of carbonyl (C=O) groups excluding carboxylic acids is 1. The van der Waals surface area contributed by atoms with E-state index in [0.29, 0.717) is 21.6 Å². The average Bonchev–Trinajstić information content (AvgIpc) is 3.41. The lowest BCUT2D eigenvalue weighted by Crippen LogP contribution is -2.09. The molecule has 0 saturated carbocycles. The van der Waals surface area contributed by atoms with Crippen LogP contribution >= 0.6 is 34.3 Å². The first-order chi connectivity index (χ1) is 14.0. The molecule has 0 atom stereocenters. The van der Waals surface area contributed by atoms with Crippen molar-refractivity contribution in [1.29, 1.82) is 0 Å². The summed E-state index contributed by atoms with van der Waals surface area (Å²) in [6.45, 7) is 2.32. The van der Waals surface area contributed by atoms with Gasteiger partial charge in [-0.25, -0.2) is 4.98 Å². The molecule has 1 amide bonds. The molecule has 148 valence electrons. The van der Waals surface area contributed by atoms with Crippen LogP contribution in [0, 0.1) is 6.92 Å². The minimum atomic E-state index is -0.184. The zero-order valence-electron chi connectivity index (χ0n) is 15.7. The molecule has 0 unspecified atom stereocenters. The van der Waals surface area contributed by atoms with Gasteiger partial charge in [-0.1, -0.05) is 11.6 Å². The molecule has 1 aromatic carbocycles. The maximum atomic E-state index is 12.5. The summed E-state index contributed by atoms with van der Waals surface area (Å²) in [7, 11) is 1.87. The van der Waals surface area contributed by atoms with Gasteiger partial charge in [-0.2, -0.15) is 5.10 Å². The van der Waals surface area contributed by atoms with E-state index in [9.17, 15) is 4.79 Å². The highest BCUT2D eigenvalue weighted by atomic mass is 35.5. The van der Waals surface area contributed by atoms with Crippen LogP contribution < -0.4 is 10.1 Å². The molecule has 6 nitrogen and oxygen atoms in total. The fourth-order valence-corrected chi connectivity index (χ4v) is 4.36. The van der Waals surface area contributed by atoms with Crippen LogP contribution in [0.3, 0.4) is 0 Å². The first kappa shape index (κ1) is 19.6. The number of thiazole rings is 1. The number of hydrogen-bond donors (Lipinski definition) is 1. The third-order valence-corrected chi connectivity index (χ3v) is 6.10. The predicted octanol–water partition coefficient (Wildman–Crippen LogP) is 5.40. The summed E-state index contributed by atoms with van der Waals surface area (Å²) in [5.74, 6) is 0.546. The Labute approximate surface area is 180 Å². The number of benzene rings is 1. The molecule has 0 saturated heterocycles. The highest BCUT2D eigenvalue weighted by molar-refractivity contribution is 7.14. The number of halogens is 1. The summed E-state index contributed by atoms with van der Waals surface area (Å²) in [4.78, 5) is 17.7. The number of rotatable bonds is 6. The van der Waals surface area contributed by atoms with Crippen LogP contribution in [0.1, 0.15) is 20.9 Å². The summed E-state index contributed by atoms with van der Waals surface area (Å²) in [6, 6.07) is 9.01. The van der Waals surface area contributed by atoms with Crippen molar-refractivity contribution in [3.63, 3.8) is 0 Å². The Hall–Kier alpha value is -2.68. The molecule has 3 aromatic heterocycles. The van der Waals surface area contributed by atoms with Crippen molar-refractivity contribution in [2.45, 2.75) is 13.5 Å². The van der Waals surface area contributed by atoms with Gasteiger partial charge < -0.3 is 4.74 Å². The van der Waals surface area contributed by atoms with Crippen LogP contribution in [-0.4, -0.2) is 20.7 Å². The largest absolute Gasteiger partial charge is 0.489 e. The smallest absolute Gasteiger partial charge is 0.267 e. The van der Waals surface area contributed by atoms with Crippen molar-refractivity contribution in [3.05, 3.63) is 68.4 Å². The number of aromatic nitrogens is 3. The topological polar surface area (TPSA) is 69.0 Å². The third kappa shape index (κ3) is 4.67. The highest BCUT2D eigenvalue weighted by Gasteiger charge is 2.14. The number of nitrogens with one attached hydrogen (secondary N) is 1. The quantitative estimate of drug-likeness (QED) is 0.432. The molecule has 0 aliphatic rings. The van der Waals surface area contributed by atoms with E-state index in [0.717, 1.165) is 28.3 Å². The van der Waals surface area contributed by atoms with Gasteiger partial charge in [-0.3, -0.25) is 14.8 Å². The number of aryl methyl sites for hydroxylation is 2. The normalized spacial score (nSPS) is 10.9. The molecule has 0 aliphatic carbocycles. The van der Waals surface area contributed by atoms with Gasteiger partial charge in [0.15, 0.2) is 5.13 Å². The summed E-state index contributed by atoms with van der Waals surface area (Å²) in [5, 5.41) is 12.2. The Morgan fingerprint density at radius 2 is 2.03 bits per heavy atom. The minimum Gasteiger partial charge on any atom is -0.489 e. The number of ether oxygens (including phenoxy) is 1. The van der Waals surface area contributed by atoms with Crippen molar-refractivity contribution in [1.82, 2.24) is 14.8 Å². The second-order valence-corrected chi connectivity index (χ2v) is 8.56. The lowest BCUT2D eigenvalue weighted by molar-refractivity contribution is 0.103. The molecule has 1 N–H and O–H groups in total. The van der Waals surface area contributed by atoms with Crippen molar-refractivity contribution in [2.75, 3.05) is 5.32 Å². The third-order valence-electron chi connectivity index (χ3n) is 4.11. The molecule has 0 bridgehead atoms. The maximum Gasteiger partial charge on any atom is 0.267 e. The van der Waals surface area contributed by atoms with E-state index >= 15 is 0 Å². The Balaban J connectivity index is 1.38. The molecule has 0 aliphatic heterocycles. The van der Waals surface area contributed by atoms with E-state index in [2.05, 4.69) is 15.4 Å². The van der Waals surface area contributed by atoms with E-state index in [1.54, 1.807) is 16.8 Å². The molecule has 0 spiro atoms.